The number of hydrogen-bond donors (Lipinski definition) is 1. The van der Waals surface area contributed by atoms with Crippen LogP contribution in [-0.2, 0) is 4.74 Å². The van der Waals surface area contributed by atoms with Crippen LogP contribution in [0.2, 0.25) is 0 Å². The van der Waals surface area contributed by atoms with Crippen LogP contribution in [0.1, 0.15) is 29.0 Å². The number of fused-ring (bicyclic) bond motifs is 3. The molecule has 0 unspecified atom stereocenters. The number of nitro groups is 1. The van der Waals surface area contributed by atoms with E-state index in [-0.39, 0.29) is 36.7 Å². The fraction of sp³-hybridized carbons (Fsp3) is 0.160. The van der Waals surface area contributed by atoms with Crippen molar-refractivity contribution < 1.29 is 18.8 Å². The molecule has 32 heavy (non-hydrogen) atoms. The minimum atomic E-state index is -0.695. The van der Waals surface area contributed by atoms with Crippen LogP contribution in [0.5, 0.6) is 0 Å². The van der Waals surface area contributed by atoms with Crippen molar-refractivity contribution in [2.24, 2.45) is 0 Å². The largest absolute Gasteiger partial charge is 0.449 e. The Morgan fingerprint density at radius 1 is 1.06 bits per heavy atom. The molecule has 160 valence electrons. The van der Waals surface area contributed by atoms with Gasteiger partial charge in [-0.2, -0.15) is 0 Å². The van der Waals surface area contributed by atoms with Crippen molar-refractivity contribution in [3.05, 3.63) is 99.4 Å². The molecule has 0 atom stereocenters. The monoisotopic (exact) mass is 430 g/mol. The first kappa shape index (κ1) is 21.1. The number of carbonyl (C=O) groups is 1. The molecule has 3 aromatic carbocycles. The van der Waals surface area contributed by atoms with E-state index >= 15 is 0 Å². The van der Waals surface area contributed by atoms with Gasteiger partial charge in [-0.3, -0.25) is 10.1 Å². The van der Waals surface area contributed by atoms with Crippen LogP contribution in [-0.4, -0.2) is 24.2 Å². The van der Waals surface area contributed by atoms with Gasteiger partial charge in [-0.05, 0) is 34.4 Å². The van der Waals surface area contributed by atoms with Gasteiger partial charge in [0.1, 0.15) is 18.0 Å². The topological polar surface area (TPSA) is 81.5 Å². The van der Waals surface area contributed by atoms with Gasteiger partial charge in [0.25, 0.3) is 5.69 Å². The number of ether oxygens (including phenoxy) is 1. The molecule has 1 amide bonds. The summed E-state index contributed by atoms with van der Waals surface area (Å²) in [6.45, 7) is 0.436. The van der Waals surface area contributed by atoms with Crippen molar-refractivity contribution >= 4 is 11.8 Å². The Labute approximate surface area is 184 Å². The minimum absolute atomic E-state index is 0.0213. The summed E-state index contributed by atoms with van der Waals surface area (Å²) in [7, 11) is 0. The van der Waals surface area contributed by atoms with E-state index in [0.717, 1.165) is 34.4 Å². The quantitative estimate of drug-likeness (QED) is 0.267. The summed E-state index contributed by atoms with van der Waals surface area (Å²) in [4.78, 5) is 22.4. The number of amides is 1. The Morgan fingerprint density at radius 2 is 1.72 bits per heavy atom. The minimum Gasteiger partial charge on any atom is -0.449 e. The molecule has 0 bridgehead atoms. The highest BCUT2D eigenvalue weighted by Crippen LogP contribution is 2.44. The molecule has 0 spiro atoms. The normalized spacial score (nSPS) is 11.7. The molecule has 0 aromatic heterocycles. The van der Waals surface area contributed by atoms with E-state index in [9.17, 15) is 19.3 Å². The first-order valence-electron chi connectivity index (χ1n) is 10.1. The second-order valence-electron chi connectivity index (χ2n) is 7.22. The summed E-state index contributed by atoms with van der Waals surface area (Å²) in [5.41, 5.74) is 4.31. The molecule has 1 N–H and O–H groups in total. The lowest BCUT2D eigenvalue weighted by molar-refractivity contribution is -0.385. The lowest BCUT2D eigenvalue weighted by atomic mass is 9.98. The zero-order valence-corrected chi connectivity index (χ0v) is 17.0. The average molecular weight is 430 g/mol. The summed E-state index contributed by atoms with van der Waals surface area (Å²) in [5.74, 6) is 4.68. The number of benzene rings is 3. The van der Waals surface area contributed by atoms with Crippen LogP contribution in [0, 0.1) is 27.8 Å². The van der Waals surface area contributed by atoms with Gasteiger partial charge >= 0.3 is 6.09 Å². The first-order chi connectivity index (χ1) is 15.5. The van der Waals surface area contributed by atoms with Crippen LogP contribution in [0.4, 0.5) is 14.9 Å². The predicted molar refractivity (Wildman–Crippen MR) is 118 cm³/mol. The van der Waals surface area contributed by atoms with Crippen molar-refractivity contribution in [1.29, 1.82) is 0 Å². The first-order valence-corrected chi connectivity index (χ1v) is 10.1. The maximum atomic E-state index is 13.2. The SMILES string of the molecule is O=C(NCCC#Cc1ccc(F)cc1[N+](=O)[O-])OCC1c2ccccc2-c2ccccc21. The number of rotatable bonds is 5. The van der Waals surface area contributed by atoms with Crippen LogP contribution in [0.3, 0.4) is 0 Å². The van der Waals surface area contributed by atoms with Gasteiger partial charge in [0.05, 0.1) is 11.0 Å². The fourth-order valence-electron chi connectivity index (χ4n) is 3.80. The maximum Gasteiger partial charge on any atom is 0.407 e. The van der Waals surface area contributed by atoms with Crippen molar-refractivity contribution in [3.8, 4) is 23.0 Å². The molecule has 0 radical (unpaired) electrons. The molecule has 4 rings (SSSR count). The van der Waals surface area contributed by atoms with Crippen LogP contribution in [0.15, 0.2) is 66.7 Å². The smallest absolute Gasteiger partial charge is 0.407 e. The Hall–Kier alpha value is -4.18. The van der Waals surface area contributed by atoms with Gasteiger partial charge in [0.2, 0.25) is 0 Å². The van der Waals surface area contributed by atoms with Gasteiger partial charge in [-0.15, -0.1) is 0 Å². The van der Waals surface area contributed by atoms with Crippen molar-refractivity contribution in [2.75, 3.05) is 13.2 Å². The molecule has 1 aliphatic carbocycles. The van der Waals surface area contributed by atoms with E-state index < -0.39 is 16.8 Å². The third-order valence-electron chi connectivity index (χ3n) is 5.24. The standard InChI is InChI=1S/C25H19FN2O4/c26-18-13-12-17(24(15-18)28(30)31)7-5-6-14-27-25(29)32-16-23-21-10-3-1-8-19(21)20-9-2-4-11-22(20)23/h1-4,8-13,15,23H,6,14,16H2,(H,27,29). The number of nitrogens with zero attached hydrogens (tertiary/aromatic N) is 1. The molecule has 0 saturated carbocycles. The summed E-state index contributed by atoms with van der Waals surface area (Å²) in [5, 5.41) is 13.6. The number of carbonyl (C=O) groups excluding carboxylic acids is 1. The van der Waals surface area contributed by atoms with E-state index in [1.54, 1.807) is 0 Å². The molecule has 0 heterocycles. The van der Waals surface area contributed by atoms with Crippen molar-refractivity contribution in [2.45, 2.75) is 12.3 Å². The predicted octanol–water partition coefficient (Wildman–Crippen LogP) is 5.01. The number of alkyl carbamates (subject to hydrolysis) is 1. The van der Waals surface area contributed by atoms with Crippen LogP contribution in [0.25, 0.3) is 11.1 Å². The number of halogens is 1. The third-order valence-corrected chi connectivity index (χ3v) is 5.24. The van der Waals surface area contributed by atoms with E-state index in [2.05, 4.69) is 29.3 Å². The Kier molecular flexibility index (Phi) is 6.13. The summed E-state index contributed by atoms with van der Waals surface area (Å²) in [6, 6.07) is 19.4. The van der Waals surface area contributed by atoms with Crippen molar-refractivity contribution in [3.63, 3.8) is 0 Å². The van der Waals surface area contributed by atoms with E-state index in [1.165, 1.54) is 6.07 Å². The van der Waals surface area contributed by atoms with E-state index in [0.29, 0.717) is 0 Å². The summed E-state index contributed by atoms with van der Waals surface area (Å²) in [6.07, 6.45) is -0.292. The van der Waals surface area contributed by atoms with Gasteiger partial charge in [0.15, 0.2) is 0 Å². The van der Waals surface area contributed by atoms with Gasteiger partial charge in [-0.1, -0.05) is 60.4 Å². The number of nitro benzene ring substituents is 1. The van der Waals surface area contributed by atoms with Gasteiger partial charge < -0.3 is 10.1 Å². The summed E-state index contributed by atoms with van der Waals surface area (Å²) < 4.78 is 18.6. The van der Waals surface area contributed by atoms with Gasteiger partial charge in [0, 0.05) is 18.9 Å². The fourth-order valence-corrected chi connectivity index (χ4v) is 3.80. The lowest BCUT2D eigenvalue weighted by Gasteiger charge is -2.14. The zero-order valence-electron chi connectivity index (χ0n) is 17.0. The molecular formula is C25H19FN2O4. The third kappa shape index (κ3) is 4.44. The lowest BCUT2D eigenvalue weighted by Crippen LogP contribution is -2.26. The summed E-state index contributed by atoms with van der Waals surface area (Å²) >= 11 is 0. The molecule has 0 saturated heterocycles. The van der Waals surface area contributed by atoms with E-state index in [4.69, 9.17) is 4.74 Å². The molecule has 0 fully saturated rings. The van der Waals surface area contributed by atoms with Crippen molar-refractivity contribution in [1.82, 2.24) is 5.32 Å². The molecular weight excluding hydrogens is 411 g/mol. The molecule has 1 aliphatic rings. The highest BCUT2D eigenvalue weighted by molar-refractivity contribution is 5.79. The molecule has 7 heteroatoms. The second kappa shape index (κ2) is 9.31. The van der Waals surface area contributed by atoms with Gasteiger partial charge in [-0.25, -0.2) is 9.18 Å². The molecule has 0 aliphatic heterocycles. The average Bonchev–Trinajstić information content (AvgIpc) is 3.12. The molecule has 6 nitrogen and oxygen atoms in total. The Balaban J connectivity index is 1.30. The Bertz CT molecular complexity index is 1200. The highest BCUT2D eigenvalue weighted by atomic mass is 19.1. The highest BCUT2D eigenvalue weighted by Gasteiger charge is 2.28. The number of hydrogen-bond acceptors (Lipinski definition) is 4. The zero-order chi connectivity index (χ0) is 22.5. The van der Waals surface area contributed by atoms with Crippen LogP contribution < -0.4 is 5.32 Å². The number of nitrogens with one attached hydrogen (secondary N) is 1. The molecule has 3 aromatic rings. The van der Waals surface area contributed by atoms with Crippen LogP contribution >= 0.6 is 0 Å². The maximum absolute atomic E-state index is 13.2. The Morgan fingerprint density at radius 3 is 2.38 bits per heavy atom. The second-order valence-corrected chi connectivity index (χ2v) is 7.22. The van der Waals surface area contributed by atoms with E-state index in [1.807, 2.05) is 36.4 Å².